The number of hydrogen-bond donors (Lipinski definition) is 1. The molecule has 1 saturated carbocycles. The zero-order chi connectivity index (χ0) is 14.2. The van der Waals surface area contributed by atoms with Crippen molar-refractivity contribution in [3.8, 4) is 0 Å². The minimum Gasteiger partial charge on any atom is -0.312 e. The van der Waals surface area contributed by atoms with Crippen LogP contribution in [0.1, 0.15) is 78.1 Å². The molecule has 2 heteroatoms. The van der Waals surface area contributed by atoms with Crippen LogP contribution in [0.2, 0.25) is 0 Å². The number of rotatable bonds is 5. The minimum absolute atomic E-state index is 0.755. The van der Waals surface area contributed by atoms with Crippen LogP contribution in [0.5, 0.6) is 0 Å². The van der Waals surface area contributed by atoms with E-state index in [1.807, 2.05) is 0 Å². The summed E-state index contributed by atoms with van der Waals surface area (Å²) in [5, 5.41) is 3.88. The maximum atomic E-state index is 3.88. The van der Waals surface area contributed by atoms with E-state index >= 15 is 0 Å². The van der Waals surface area contributed by atoms with E-state index in [1.165, 1.54) is 83.8 Å². The van der Waals surface area contributed by atoms with Gasteiger partial charge in [-0.1, -0.05) is 46.0 Å². The van der Waals surface area contributed by atoms with Gasteiger partial charge in [0.05, 0.1) is 0 Å². The van der Waals surface area contributed by atoms with E-state index in [1.54, 1.807) is 0 Å². The molecule has 20 heavy (non-hydrogen) atoms. The molecule has 1 heterocycles. The predicted octanol–water partition coefficient (Wildman–Crippen LogP) is 4.20. The highest BCUT2D eigenvalue weighted by Crippen LogP contribution is 2.27. The Labute approximate surface area is 126 Å². The van der Waals surface area contributed by atoms with Crippen LogP contribution in [-0.4, -0.2) is 36.6 Å². The zero-order valence-corrected chi connectivity index (χ0v) is 13.9. The van der Waals surface area contributed by atoms with Crippen molar-refractivity contribution >= 4 is 0 Å². The molecule has 2 aliphatic rings. The van der Waals surface area contributed by atoms with Gasteiger partial charge in [-0.15, -0.1) is 0 Å². The van der Waals surface area contributed by atoms with Gasteiger partial charge in [0.1, 0.15) is 0 Å². The Kier molecular flexibility index (Phi) is 7.37. The predicted molar refractivity (Wildman–Crippen MR) is 88.2 cm³/mol. The summed E-state index contributed by atoms with van der Waals surface area (Å²) in [5.41, 5.74) is 0. The third kappa shape index (κ3) is 4.73. The molecule has 2 rings (SSSR count). The smallest absolute Gasteiger partial charge is 0.0249 e. The van der Waals surface area contributed by atoms with E-state index in [-0.39, 0.29) is 0 Å². The van der Waals surface area contributed by atoms with Crippen molar-refractivity contribution in [2.75, 3.05) is 19.6 Å². The molecule has 2 fully saturated rings. The first-order valence-electron chi connectivity index (χ1n) is 9.32. The van der Waals surface area contributed by atoms with Gasteiger partial charge < -0.3 is 5.32 Å². The summed E-state index contributed by atoms with van der Waals surface area (Å²) in [6.45, 7) is 8.58. The highest BCUT2D eigenvalue weighted by molar-refractivity contribution is 4.88. The van der Waals surface area contributed by atoms with Crippen molar-refractivity contribution in [3.63, 3.8) is 0 Å². The lowest BCUT2D eigenvalue weighted by atomic mass is 9.87. The Morgan fingerprint density at radius 2 is 1.75 bits per heavy atom. The first-order chi connectivity index (χ1) is 9.85. The quantitative estimate of drug-likeness (QED) is 0.812. The van der Waals surface area contributed by atoms with Crippen LogP contribution in [0.3, 0.4) is 0 Å². The van der Waals surface area contributed by atoms with Crippen LogP contribution in [-0.2, 0) is 0 Å². The summed E-state index contributed by atoms with van der Waals surface area (Å²) >= 11 is 0. The van der Waals surface area contributed by atoms with E-state index in [4.69, 9.17) is 0 Å². The van der Waals surface area contributed by atoms with Crippen molar-refractivity contribution in [1.82, 2.24) is 10.2 Å². The van der Waals surface area contributed by atoms with Gasteiger partial charge in [0.15, 0.2) is 0 Å². The van der Waals surface area contributed by atoms with E-state index in [9.17, 15) is 0 Å². The molecule has 118 valence electrons. The van der Waals surface area contributed by atoms with E-state index < -0.39 is 0 Å². The molecular weight excluding hydrogens is 244 g/mol. The fraction of sp³-hybridized carbons (Fsp3) is 1.00. The van der Waals surface area contributed by atoms with Gasteiger partial charge in [-0.3, -0.25) is 4.90 Å². The van der Waals surface area contributed by atoms with Gasteiger partial charge in [0, 0.05) is 18.6 Å². The van der Waals surface area contributed by atoms with Gasteiger partial charge in [-0.2, -0.15) is 0 Å². The Bertz CT molecular complexity index is 250. The summed E-state index contributed by atoms with van der Waals surface area (Å²) in [7, 11) is 0. The fourth-order valence-corrected chi connectivity index (χ4v) is 4.20. The maximum Gasteiger partial charge on any atom is 0.0249 e. The molecule has 3 unspecified atom stereocenters. The molecule has 2 nitrogen and oxygen atoms in total. The van der Waals surface area contributed by atoms with Crippen molar-refractivity contribution in [2.24, 2.45) is 5.92 Å². The Morgan fingerprint density at radius 3 is 2.50 bits per heavy atom. The van der Waals surface area contributed by atoms with Crippen molar-refractivity contribution in [1.29, 1.82) is 0 Å². The van der Waals surface area contributed by atoms with Crippen LogP contribution in [0, 0.1) is 5.92 Å². The third-order valence-corrected chi connectivity index (χ3v) is 5.48. The summed E-state index contributed by atoms with van der Waals surface area (Å²) in [4.78, 5) is 2.86. The second-order valence-corrected chi connectivity index (χ2v) is 7.03. The molecule has 0 radical (unpaired) electrons. The van der Waals surface area contributed by atoms with Crippen molar-refractivity contribution in [3.05, 3.63) is 0 Å². The summed E-state index contributed by atoms with van der Waals surface area (Å²) in [6, 6.07) is 1.57. The largest absolute Gasteiger partial charge is 0.312 e. The van der Waals surface area contributed by atoms with E-state index in [2.05, 4.69) is 24.1 Å². The highest BCUT2D eigenvalue weighted by Gasteiger charge is 2.30. The Hall–Kier alpha value is -0.0800. The van der Waals surface area contributed by atoms with Crippen LogP contribution < -0.4 is 5.32 Å². The van der Waals surface area contributed by atoms with Gasteiger partial charge in [0.2, 0.25) is 0 Å². The van der Waals surface area contributed by atoms with Gasteiger partial charge in [0.25, 0.3) is 0 Å². The van der Waals surface area contributed by atoms with Crippen LogP contribution in [0.4, 0.5) is 0 Å². The molecule has 0 aromatic carbocycles. The highest BCUT2D eigenvalue weighted by atomic mass is 15.2. The van der Waals surface area contributed by atoms with Gasteiger partial charge in [-0.05, 0) is 51.1 Å². The lowest BCUT2D eigenvalue weighted by Crippen LogP contribution is -2.53. The minimum atomic E-state index is 0.755. The number of nitrogens with one attached hydrogen (secondary N) is 1. The lowest BCUT2D eigenvalue weighted by Gasteiger charge is -2.43. The molecule has 0 amide bonds. The molecule has 1 saturated heterocycles. The van der Waals surface area contributed by atoms with Gasteiger partial charge in [-0.25, -0.2) is 0 Å². The normalized spacial score (nSPS) is 33.6. The summed E-state index contributed by atoms with van der Waals surface area (Å²) in [5.74, 6) is 0.959. The second-order valence-electron chi connectivity index (χ2n) is 7.03. The van der Waals surface area contributed by atoms with Gasteiger partial charge >= 0.3 is 0 Å². The van der Waals surface area contributed by atoms with Crippen LogP contribution >= 0.6 is 0 Å². The topological polar surface area (TPSA) is 15.3 Å². The molecule has 1 N–H and O–H groups in total. The number of hydrogen-bond acceptors (Lipinski definition) is 2. The summed E-state index contributed by atoms with van der Waals surface area (Å²) in [6.07, 6.45) is 14.1. The van der Waals surface area contributed by atoms with Crippen LogP contribution in [0.25, 0.3) is 0 Å². The Morgan fingerprint density at radius 1 is 0.950 bits per heavy atom. The second kappa shape index (κ2) is 9.04. The number of piperidine rings is 1. The first kappa shape index (κ1) is 16.3. The molecular formula is C18H36N2. The Balaban J connectivity index is 1.97. The van der Waals surface area contributed by atoms with E-state index in [0.717, 1.165) is 18.0 Å². The fourth-order valence-electron chi connectivity index (χ4n) is 4.20. The lowest BCUT2D eigenvalue weighted by molar-refractivity contribution is 0.0825. The van der Waals surface area contributed by atoms with Crippen molar-refractivity contribution in [2.45, 2.75) is 90.1 Å². The molecule has 1 aliphatic heterocycles. The number of likely N-dealkylation sites (tertiary alicyclic amines) is 1. The monoisotopic (exact) mass is 280 g/mol. The maximum absolute atomic E-state index is 3.88. The summed E-state index contributed by atoms with van der Waals surface area (Å²) < 4.78 is 0. The third-order valence-electron chi connectivity index (χ3n) is 5.48. The SMILES string of the molecule is CCCNC1CCCCCCC1N1CCCC(CC)C1. The van der Waals surface area contributed by atoms with E-state index in [0.29, 0.717) is 0 Å². The zero-order valence-electron chi connectivity index (χ0n) is 13.9. The van der Waals surface area contributed by atoms with Crippen molar-refractivity contribution < 1.29 is 0 Å². The molecule has 0 spiro atoms. The number of nitrogens with zero attached hydrogens (tertiary/aromatic N) is 1. The molecule has 0 aromatic rings. The molecule has 0 bridgehead atoms. The average Bonchev–Trinajstić information content (AvgIpc) is 2.46. The molecule has 1 aliphatic carbocycles. The first-order valence-corrected chi connectivity index (χ1v) is 9.32. The molecule has 3 atom stereocenters. The average molecular weight is 280 g/mol. The standard InChI is InChI=1S/C18H36N2/c1-3-13-19-17-11-7-5-6-8-12-18(17)20-14-9-10-16(4-2)15-20/h16-19H,3-15H2,1-2H3. The van der Waals surface area contributed by atoms with Crippen LogP contribution in [0.15, 0.2) is 0 Å². The molecule has 0 aromatic heterocycles.